The largest absolute Gasteiger partial charge is 0.469 e. The Hall–Kier alpha value is -3.13. The summed E-state index contributed by atoms with van der Waals surface area (Å²) in [7, 11) is 1.42. The molecule has 1 aliphatic carbocycles. The lowest BCUT2D eigenvalue weighted by atomic mass is 9.86. The molecule has 1 N–H and O–H groups in total. The molecule has 0 radical (unpaired) electrons. The molecule has 2 aliphatic rings. The van der Waals surface area contributed by atoms with Gasteiger partial charge in [-0.2, -0.15) is 0 Å². The summed E-state index contributed by atoms with van der Waals surface area (Å²) >= 11 is 1.57. The van der Waals surface area contributed by atoms with E-state index in [1.54, 1.807) is 11.3 Å². The highest BCUT2D eigenvalue weighted by Crippen LogP contribution is 2.31. The van der Waals surface area contributed by atoms with E-state index in [0.29, 0.717) is 25.1 Å². The Morgan fingerprint density at radius 2 is 1.91 bits per heavy atom. The molecule has 1 aliphatic heterocycles. The molecular weight excluding hydrogens is 462 g/mol. The standard InChI is InChI=1S/C27H31N3O4S/c1-17-5-10-21-19(14-17)4-3-12-29(21)25(31)16-30-22-11-13-35-24(22)15-23(30)26(32)28-20-8-6-18(7-9-20)27(33)34-2/h5,10-11,13-15,18,20H,3-4,6-9,12,16H2,1-2H3,(H,28,32)/t18-,20-. The van der Waals surface area contributed by atoms with Crippen molar-refractivity contribution in [2.24, 2.45) is 5.92 Å². The minimum absolute atomic E-state index is 0.00820. The zero-order valence-corrected chi connectivity index (χ0v) is 21.0. The molecule has 1 saturated carbocycles. The van der Waals surface area contributed by atoms with Gasteiger partial charge in [0, 0.05) is 18.3 Å². The first-order valence-electron chi connectivity index (χ1n) is 12.3. The number of nitrogens with zero attached hydrogens (tertiary/aromatic N) is 2. The van der Waals surface area contributed by atoms with E-state index >= 15 is 0 Å². The number of hydrogen-bond donors (Lipinski definition) is 1. The number of fused-ring (bicyclic) bond motifs is 2. The molecule has 1 fully saturated rings. The quantitative estimate of drug-likeness (QED) is 0.533. The Labute approximate surface area is 209 Å². The summed E-state index contributed by atoms with van der Waals surface area (Å²) in [5, 5.41) is 5.13. The lowest BCUT2D eigenvalue weighted by molar-refractivity contribution is -0.146. The summed E-state index contributed by atoms with van der Waals surface area (Å²) in [6.45, 7) is 2.88. The summed E-state index contributed by atoms with van der Waals surface area (Å²) in [5.74, 6) is -0.434. The molecule has 2 amide bonds. The lowest BCUT2D eigenvalue weighted by Crippen LogP contribution is -2.41. The molecule has 1 aromatic carbocycles. The minimum Gasteiger partial charge on any atom is -0.469 e. The van der Waals surface area contributed by atoms with Crippen LogP contribution >= 0.6 is 11.3 Å². The molecule has 0 bridgehead atoms. The van der Waals surface area contributed by atoms with Crippen LogP contribution in [0.25, 0.3) is 10.2 Å². The number of thiophene rings is 1. The fourth-order valence-electron chi connectivity index (χ4n) is 5.44. The summed E-state index contributed by atoms with van der Waals surface area (Å²) in [6, 6.07) is 10.1. The molecule has 35 heavy (non-hydrogen) atoms. The van der Waals surface area contributed by atoms with Crippen molar-refractivity contribution in [1.82, 2.24) is 9.88 Å². The van der Waals surface area contributed by atoms with Crippen molar-refractivity contribution in [2.75, 3.05) is 18.6 Å². The number of methoxy groups -OCH3 is 1. The smallest absolute Gasteiger partial charge is 0.308 e. The van der Waals surface area contributed by atoms with Crippen LogP contribution in [0.5, 0.6) is 0 Å². The first-order valence-corrected chi connectivity index (χ1v) is 13.2. The van der Waals surface area contributed by atoms with E-state index in [1.165, 1.54) is 18.2 Å². The molecular formula is C27H31N3O4S. The van der Waals surface area contributed by atoms with Crippen LogP contribution in [0.1, 0.15) is 53.7 Å². The van der Waals surface area contributed by atoms with E-state index in [9.17, 15) is 14.4 Å². The topological polar surface area (TPSA) is 80.6 Å². The maximum atomic E-state index is 13.5. The second kappa shape index (κ2) is 9.85. The summed E-state index contributed by atoms with van der Waals surface area (Å²) in [5.41, 5.74) is 4.80. The van der Waals surface area contributed by atoms with Crippen molar-refractivity contribution in [3.05, 3.63) is 52.5 Å². The summed E-state index contributed by atoms with van der Waals surface area (Å²) < 4.78 is 7.71. The van der Waals surface area contributed by atoms with E-state index in [-0.39, 0.29) is 36.3 Å². The third kappa shape index (κ3) is 4.72. The van der Waals surface area contributed by atoms with Crippen molar-refractivity contribution < 1.29 is 19.1 Å². The number of benzene rings is 1. The van der Waals surface area contributed by atoms with Crippen molar-refractivity contribution in [1.29, 1.82) is 0 Å². The molecule has 5 rings (SSSR count). The fraction of sp³-hybridized carbons (Fsp3) is 0.444. The second-order valence-corrected chi connectivity index (χ2v) is 10.6. The number of rotatable bonds is 5. The third-order valence-corrected chi connectivity index (χ3v) is 8.15. The maximum Gasteiger partial charge on any atom is 0.308 e. The Balaban J connectivity index is 1.33. The molecule has 0 spiro atoms. The highest BCUT2D eigenvalue weighted by molar-refractivity contribution is 7.17. The third-order valence-electron chi connectivity index (χ3n) is 7.30. The van der Waals surface area contributed by atoms with Gasteiger partial charge in [0.2, 0.25) is 5.91 Å². The zero-order chi connectivity index (χ0) is 24.5. The normalized spacial score (nSPS) is 19.9. The van der Waals surface area contributed by atoms with Crippen molar-refractivity contribution in [3.63, 3.8) is 0 Å². The molecule has 8 heteroatoms. The number of hydrogen-bond acceptors (Lipinski definition) is 5. The van der Waals surface area contributed by atoms with Gasteiger partial charge in [-0.25, -0.2) is 0 Å². The van der Waals surface area contributed by atoms with Gasteiger partial charge < -0.3 is 19.5 Å². The first-order chi connectivity index (χ1) is 16.9. The molecule has 0 atom stereocenters. The van der Waals surface area contributed by atoms with Crippen LogP contribution in [-0.4, -0.2) is 42.0 Å². The van der Waals surface area contributed by atoms with E-state index in [0.717, 1.165) is 41.6 Å². The molecule has 0 unspecified atom stereocenters. The van der Waals surface area contributed by atoms with Gasteiger partial charge in [0.15, 0.2) is 0 Å². The number of esters is 1. The number of nitrogens with one attached hydrogen (secondary N) is 1. The molecule has 2 aromatic heterocycles. The van der Waals surface area contributed by atoms with Gasteiger partial charge in [0.25, 0.3) is 5.91 Å². The highest BCUT2D eigenvalue weighted by atomic mass is 32.1. The monoisotopic (exact) mass is 493 g/mol. The predicted molar refractivity (Wildman–Crippen MR) is 137 cm³/mol. The van der Waals surface area contributed by atoms with Gasteiger partial charge in [0.05, 0.1) is 23.2 Å². The zero-order valence-electron chi connectivity index (χ0n) is 20.2. The minimum atomic E-state index is -0.170. The van der Waals surface area contributed by atoms with Crippen molar-refractivity contribution in [3.8, 4) is 0 Å². The maximum absolute atomic E-state index is 13.5. The molecule has 7 nitrogen and oxygen atoms in total. The SMILES string of the molecule is COC(=O)[C@H]1CC[C@H](NC(=O)c2cc3sccc3n2CC(=O)N2CCCc3cc(C)ccc32)CC1. The number of carbonyl (C=O) groups excluding carboxylic acids is 3. The molecule has 3 heterocycles. The van der Waals surface area contributed by atoms with Crippen LogP contribution < -0.4 is 10.2 Å². The molecule has 3 aromatic rings. The van der Waals surface area contributed by atoms with Crippen LogP contribution in [0.15, 0.2) is 35.7 Å². The molecule has 0 saturated heterocycles. The highest BCUT2D eigenvalue weighted by Gasteiger charge is 2.29. The lowest BCUT2D eigenvalue weighted by Gasteiger charge is -2.30. The Kier molecular flexibility index (Phi) is 6.65. The number of ether oxygens (including phenoxy) is 1. The van der Waals surface area contributed by atoms with E-state index < -0.39 is 0 Å². The van der Waals surface area contributed by atoms with Gasteiger partial charge in [-0.15, -0.1) is 11.3 Å². The Morgan fingerprint density at radius 3 is 2.69 bits per heavy atom. The van der Waals surface area contributed by atoms with Gasteiger partial charge >= 0.3 is 5.97 Å². The fourth-order valence-corrected chi connectivity index (χ4v) is 6.26. The van der Waals surface area contributed by atoms with Crippen molar-refractivity contribution in [2.45, 2.75) is 58.0 Å². The average molecular weight is 494 g/mol. The van der Waals surface area contributed by atoms with Gasteiger partial charge in [0.1, 0.15) is 12.2 Å². The van der Waals surface area contributed by atoms with Gasteiger partial charge in [-0.3, -0.25) is 14.4 Å². The Bertz CT molecular complexity index is 1270. The van der Waals surface area contributed by atoms with Gasteiger partial charge in [-0.05, 0) is 74.6 Å². The van der Waals surface area contributed by atoms with Gasteiger partial charge in [-0.1, -0.05) is 17.7 Å². The summed E-state index contributed by atoms with van der Waals surface area (Å²) in [4.78, 5) is 40.5. The average Bonchev–Trinajstić information content (AvgIpc) is 3.46. The predicted octanol–water partition coefficient (Wildman–Crippen LogP) is 4.45. The van der Waals surface area contributed by atoms with E-state index in [2.05, 4.69) is 18.3 Å². The Morgan fingerprint density at radius 1 is 1.11 bits per heavy atom. The number of anilines is 1. The number of carbonyl (C=O) groups is 3. The number of amides is 2. The first kappa shape index (κ1) is 23.6. The van der Waals surface area contributed by atoms with Crippen molar-refractivity contribution >= 4 is 45.0 Å². The number of aryl methyl sites for hydroxylation is 2. The summed E-state index contributed by atoms with van der Waals surface area (Å²) in [6.07, 6.45) is 4.81. The van der Waals surface area contributed by atoms with Crippen LogP contribution in [0.4, 0.5) is 5.69 Å². The molecule has 184 valence electrons. The van der Waals surface area contributed by atoms with Crippen LogP contribution in [0.3, 0.4) is 0 Å². The van der Waals surface area contributed by atoms with Crippen LogP contribution in [-0.2, 0) is 27.3 Å². The van der Waals surface area contributed by atoms with Crippen LogP contribution in [0, 0.1) is 12.8 Å². The van der Waals surface area contributed by atoms with E-state index in [4.69, 9.17) is 4.74 Å². The van der Waals surface area contributed by atoms with E-state index in [1.807, 2.05) is 39.1 Å². The second-order valence-electron chi connectivity index (χ2n) is 9.61. The number of aromatic nitrogens is 1. The van der Waals surface area contributed by atoms with Crippen LogP contribution in [0.2, 0.25) is 0 Å².